The van der Waals surface area contributed by atoms with E-state index in [-0.39, 0.29) is 17.9 Å². The van der Waals surface area contributed by atoms with Gasteiger partial charge in [-0.05, 0) is 56.4 Å². The lowest BCUT2D eigenvalue weighted by atomic mass is 9.90. The first-order chi connectivity index (χ1) is 9.99. The predicted octanol–water partition coefficient (Wildman–Crippen LogP) is 2.71. The summed E-state index contributed by atoms with van der Waals surface area (Å²) in [6.07, 6.45) is 2.28. The second-order valence-corrected chi connectivity index (χ2v) is 6.28. The second kappa shape index (κ2) is 5.34. The lowest BCUT2D eigenvalue weighted by Crippen LogP contribution is -2.33. The summed E-state index contributed by atoms with van der Waals surface area (Å²) >= 11 is 0. The van der Waals surface area contributed by atoms with E-state index in [2.05, 4.69) is 5.32 Å². The molecule has 0 spiro atoms. The molecule has 4 nitrogen and oxygen atoms in total. The zero-order chi connectivity index (χ0) is 15.1. The molecule has 1 aliphatic carbocycles. The van der Waals surface area contributed by atoms with Crippen molar-refractivity contribution < 1.29 is 14.6 Å². The fraction of sp³-hybridized carbons (Fsp3) is 0.588. The van der Waals surface area contributed by atoms with E-state index in [1.807, 2.05) is 19.9 Å². The highest BCUT2D eigenvalue weighted by atomic mass is 16.5. The van der Waals surface area contributed by atoms with Gasteiger partial charge in [-0.1, -0.05) is 0 Å². The predicted molar refractivity (Wildman–Crippen MR) is 80.3 cm³/mol. The highest BCUT2D eigenvalue weighted by molar-refractivity contribution is 5.81. The van der Waals surface area contributed by atoms with Crippen molar-refractivity contribution in [2.45, 2.75) is 52.2 Å². The summed E-state index contributed by atoms with van der Waals surface area (Å²) in [6.45, 7) is 6.42. The van der Waals surface area contributed by atoms with Gasteiger partial charge < -0.3 is 15.2 Å². The van der Waals surface area contributed by atoms with Crippen molar-refractivity contribution in [1.29, 1.82) is 0 Å². The van der Waals surface area contributed by atoms with Crippen LogP contribution in [0, 0.1) is 19.8 Å². The molecule has 1 aromatic rings. The van der Waals surface area contributed by atoms with Crippen molar-refractivity contribution in [3.05, 3.63) is 28.3 Å². The Morgan fingerprint density at radius 3 is 2.67 bits per heavy atom. The van der Waals surface area contributed by atoms with E-state index < -0.39 is 6.10 Å². The van der Waals surface area contributed by atoms with Gasteiger partial charge in [-0.3, -0.25) is 4.79 Å². The van der Waals surface area contributed by atoms with Crippen LogP contribution in [0.4, 0.5) is 0 Å². The van der Waals surface area contributed by atoms with Gasteiger partial charge >= 0.3 is 0 Å². The molecule has 2 N–H and O–H groups in total. The maximum absolute atomic E-state index is 12.1. The van der Waals surface area contributed by atoms with Crippen molar-refractivity contribution in [2.75, 3.05) is 6.61 Å². The summed E-state index contributed by atoms with van der Waals surface area (Å²) in [5, 5.41) is 13.1. The Balaban J connectivity index is 1.97. The Hall–Kier alpha value is -1.55. The number of rotatable bonds is 3. The number of benzene rings is 1. The molecule has 1 heterocycles. The Morgan fingerprint density at radius 1 is 1.33 bits per heavy atom. The number of fused-ring (bicyclic) bond motifs is 1. The Labute approximate surface area is 125 Å². The largest absolute Gasteiger partial charge is 0.493 e. The minimum absolute atomic E-state index is 0.00125. The van der Waals surface area contributed by atoms with Crippen LogP contribution in [0.5, 0.6) is 5.75 Å². The number of hydrogen-bond acceptors (Lipinski definition) is 3. The zero-order valence-electron chi connectivity index (χ0n) is 12.9. The molecule has 4 heteroatoms. The van der Waals surface area contributed by atoms with Gasteiger partial charge in [0.05, 0.1) is 18.8 Å². The van der Waals surface area contributed by atoms with Crippen molar-refractivity contribution >= 4 is 5.91 Å². The maximum Gasteiger partial charge on any atom is 0.223 e. The van der Waals surface area contributed by atoms with Crippen molar-refractivity contribution in [3.8, 4) is 5.75 Å². The van der Waals surface area contributed by atoms with Gasteiger partial charge in [0.25, 0.3) is 0 Å². The molecule has 2 atom stereocenters. The summed E-state index contributed by atoms with van der Waals surface area (Å²) in [4.78, 5) is 12.1. The molecule has 0 radical (unpaired) electrons. The van der Waals surface area contributed by atoms with Crippen LogP contribution in [0.25, 0.3) is 0 Å². The molecule has 1 amide bonds. The average molecular weight is 289 g/mol. The Bertz CT molecular complexity index is 576. The fourth-order valence-electron chi connectivity index (χ4n) is 3.05. The maximum atomic E-state index is 12.1. The summed E-state index contributed by atoms with van der Waals surface area (Å²) < 4.78 is 5.82. The van der Waals surface area contributed by atoms with E-state index in [4.69, 9.17) is 4.74 Å². The molecule has 2 aliphatic rings. The van der Waals surface area contributed by atoms with Crippen LogP contribution < -0.4 is 10.1 Å². The SMILES string of the molecule is Cc1c(C(C)O)cc2c(c1C)OCCC2NC(=O)C1CC1. The van der Waals surface area contributed by atoms with Gasteiger partial charge in [-0.15, -0.1) is 0 Å². The molecular formula is C17H23NO3. The van der Waals surface area contributed by atoms with Crippen LogP contribution in [0.2, 0.25) is 0 Å². The van der Waals surface area contributed by atoms with E-state index >= 15 is 0 Å². The summed E-state index contributed by atoms with van der Waals surface area (Å²) in [6, 6.07) is 2.00. The number of carbonyl (C=O) groups is 1. The molecule has 114 valence electrons. The first kappa shape index (κ1) is 14.4. The van der Waals surface area contributed by atoms with E-state index in [9.17, 15) is 9.90 Å². The van der Waals surface area contributed by atoms with Gasteiger partial charge in [0.2, 0.25) is 5.91 Å². The number of aliphatic hydroxyl groups is 1. The van der Waals surface area contributed by atoms with E-state index in [0.29, 0.717) is 6.61 Å². The molecule has 1 aliphatic heterocycles. The highest BCUT2D eigenvalue weighted by Gasteiger charge is 2.33. The van der Waals surface area contributed by atoms with Gasteiger partial charge in [0.15, 0.2) is 0 Å². The molecule has 1 saturated carbocycles. The summed E-state index contributed by atoms with van der Waals surface area (Å²) in [5.74, 6) is 1.24. The third-order valence-electron chi connectivity index (χ3n) is 4.65. The standard InChI is InChI=1S/C17H23NO3/c1-9-10(2)16-14(8-13(9)11(3)19)15(6-7-21-16)18-17(20)12-4-5-12/h8,11-12,15,19H,4-7H2,1-3H3,(H,18,20). The third-order valence-corrected chi connectivity index (χ3v) is 4.65. The zero-order valence-corrected chi connectivity index (χ0v) is 12.9. The van der Waals surface area contributed by atoms with Crippen molar-refractivity contribution in [2.24, 2.45) is 5.92 Å². The van der Waals surface area contributed by atoms with Crippen LogP contribution in [-0.2, 0) is 4.79 Å². The number of amides is 1. The van der Waals surface area contributed by atoms with Crippen LogP contribution in [0.3, 0.4) is 0 Å². The number of ether oxygens (including phenoxy) is 1. The van der Waals surface area contributed by atoms with Crippen LogP contribution >= 0.6 is 0 Å². The van der Waals surface area contributed by atoms with Gasteiger partial charge in [-0.25, -0.2) is 0 Å². The normalized spacial score (nSPS) is 22.2. The summed E-state index contributed by atoms with van der Waals surface area (Å²) in [7, 11) is 0. The number of carbonyl (C=O) groups excluding carboxylic acids is 1. The summed E-state index contributed by atoms with van der Waals surface area (Å²) in [5.41, 5.74) is 4.06. The van der Waals surface area contributed by atoms with Crippen LogP contribution in [0.15, 0.2) is 6.07 Å². The third kappa shape index (κ3) is 2.64. The Kier molecular flexibility index (Phi) is 3.66. The topological polar surface area (TPSA) is 58.6 Å². The number of nitrogens with one attached hydrogen (secondary N) is 1. The van der Waals surface area contributed by atoms with Crippen molar-refractivity contribution in [1.82, 2.24) is 5.32 Å². The average Bonchev–Trinajstić information content (AvgIpc) is 3.27. The molecule has 3 rings (SSSR count). The smallest absolute Gasteiger partial charge is 0.223 e. The van der Waals surface area contributed by atoms with E-state index in [0.717, 1.165) is 47.3 Å². The second-order valence-electron chi connectivity index (χ2n) is 6.28. The minimum atomic E-state index is -0.518. The lowest BCUT2D eigenvalue weighted by Gasteiger charge is -2.30. The molecule has 21 heavy (non-hydrogen) atoms. The number of aliphatic hydroxyl groups excluding tert-OH is 1. The Morgan fingerprint density at radius 2 is 2.05 bits per heavy atom. The van der Waals surface area contributed by atoms with Gasteiger partial charge in [0, 0.05) is 17.9 Å². The molecule has 1 fully saturated rings. The first-order valence-electron chi connectivity index (χ1n) is 7.74. The molecule has 2 unspecified atom stereocenters. The molecule has 0 bridgehead atoms. The monoisotopic (exact) mass is 289 g/mol. The minimum Gasteiger partial charge on any atom is -0.493 e. The highest BCUT2D eigenvalue weighted by Crippen LogP contribution is 2.40. The molecule has 0 aromatic heterocycles. The fourth-order valence-corrected chi connectivity index (χ4v) is 3.05. The number of hydrogen-bond donors (Lipinski definition) is 2. The van der Waals surface area contributed by atoms with Gasteiger partial charge in [-0.2, -0.15) is 0 Å². The molecule has 1 aromatic carbocycles. The van der Waals surface area contributed by atoms with E-state index in [1.54, 1.807) is 6.92 Å². The molecular weight excluding hydrogens is 266 g/mol. The van der Waals surface area contributed by atoms with Crippen LogP contribution in [-0.4, -0.2) is 17.6 Å². The molecule has 0 saturated heterocycles. The van der Waals surface area contributed by atoms with E-state index in [1.165, 1.54) is 0 Å². The quantitative estimate of drug-likeness (QED) is 0.899. The first-order valence-corrected chi connectivity index (χ1v) is 7.74. The van der Waals surface area contributed by atoms with Crippen LogP contribution in [0.1, 0.15) is 60.6 Å². The van der Waals surface area contributed by atoms with Crippen molar-refractivity contribution in [3.63, 3.8) is 0 Å². The van der Waals surface area contributed by atoms with Gasteiger partial charge in [0.1, 0.15) is 5.75 Å². The lowest BCUT2D eigenvalue weighted by molar-refractivity contribution is -0.123.